The molecule has 0 aliphatic heterocycles. The fourth-order valence-corrected chi connectivity index (χ4v) is 2.27. The van der Waals surface area contributed by atoms with Crippen LogP contribution >= 0.6 is 11.6 Å². The Bertz CT molecular complexity index is 709. The molecule has 0 bridgehead atoms. The van der Waals surface area contributed by atoms with E-state index in [9.17, 15) is 19.8 Å². The topological polar surface area (TPSA) is 94.8 Å². The van der Waals surface area contributed by atoms with E-state index in [2.05, 4.69) is 0 Å². The Morgan fingerprint density at radius 1 is 1.05 bits per heavy atom. The second kappa shape index (κ2) is 6.49. The summed E-state index contributed by atoms with van der Waals surface area (Å²) in [6, 6.07) is 9.77. The van der Waals surface area contributed by atoms with E-state index in [1.54, 1.807) is 24.3 Å². The molecule has 22 heavy (non-hydrogen) atoms. The number of carbonyl (C=O) groups is 2. The summed E-state index contributed by atoms with van der Waals surface area (Å²) in [7, 11) is 0. The zero-order chi connectivity index (χ0) is 16.3. The molecular formula is C16H13ClO5. The molecule has 0 aliphatic carbocycles. The van der Waals surface area contributed by atoms with Crippen molar-refractivity contribution in [2.75, 3.05) is 0 Å². The summed E-state index contributed by atoms with van der Waals surface area (Å²) in [5, 5.41) is 28.7. The summed E-state index contributed by atoms with van der Waals surface area (Å²) in [5.74, 6) is -3.22. The van der Waals surface area contributed by atoms with E-state index in [0.717, 1.165) is 6.07 Å². The molecule has 0 amide bonds. The lowest BCUT2D eigenvalue weighted by atomic mass is 9.87. The second-order valence-electron chi connectivity index (χ2n) is 4.77. The van der Waals surface area contributed by atoms with Crippen molar-refractivity contribution in [3.63, 3.8) is 0 Å². The first-order valence-corrected chi connectivity index (χ1v) is 6.79. The van der Waals surface area contributed by atoms with Crippen molar-refractivity contribution in [1.29, 1.82) is 0 Å². The zero-order valence-corrected chi connectivity index (χ0v) is 12.1. The van der Waals surface area contributed by atoms with Gasteiger partial charge in [0.2, 0.25) is 0 Å². The number of carboxylic acid groups (broad SMARTS) is 1. The average molecular weight is 321 g/mol. The number of benzene rings is 2. The molecule has 2 rings (SSSR count). The molecule has 114 valence electrons. The smallest absolute Gasteiger partial charge is 0.304 e. The monoisotopic (exact) mass is 320 g/mol. The highest BCUT2D eigenvalue weighted by molar-refractivity contribution is 6.30. The Morgan fingerprint density at radius 3 is 2.27 bits per heavy atom. The SMILES string of the molecule is O=C(O)CC(C(=O)c1cc(O)ccc1O)c1ccc(Cl)cc1. The third-order valence-corrected chi connectivity index (χ3v) is 3.47. The van der Waals surface area contributed by atoms with E-state index in [1.807, 2.05) is 0 Å². The van der Waals surface area contributed by atoms with Crippen molar-refractivity contribution < 1.29 is 24.9 Å². The third kappa shape index (κ3) is 3.56. The lowest BCUT2D eigenvalue weighted by molar-refractivity contribution is -0.137. The Kier molecular flexibility index (Phi) is 4.68. The number of hydrogen-bond donors (Lipinski definition) is 3. The van der Waals surface area contributed by atoms with Gasteiger partial charge in [-0.1, -0.05) is 23.7 Å². The van der Waals surface area contributed by atoms with Crippen LogP contribution in [0.15, 0.2) is 42.5 Å². The van der Waals surface area contributed by atoms with Crippen LogP contribution in [0.2, 0.25) is 5.02 Å². The molecule has 0 saturated carbocycles. The van der Waals surface area contributed by atoms with Gasteiger partial charge in [-0.15, -0.1) is 0 Å². The molecule has 2 aromatic rings. The van der Waals surface area contributed by atoms with Crippen molar-refractivity contribution in [3.8, 4) is 11.5 Å². The molecule has 0 aliphatic rings. The van der Waals surface area contributed by atoms with Crippen LogP contribution in [0, 0.1) is 0 Å². The fourth-order valence-electron chi connectivity index (χ4n) is 2.14. The van der Waals surface area contributed by atoms with Crippen LogP contribution in [0.3, 0.4) is 0 Å². The molecule has 5 nitrogen and oxygen atoms in total. The van der Waals surface area contributed by atoms with E-state index < -0.39 is 24.1 Å². The van der Waals surface area contributed by atoms with Crippen LogP contribution in [0.25, 0.3) is 0 Å². The van der Waals surface area contributed by atoms with Crippen molar-refractivity contribution >= 4 is 23.4 Å². The molecule has 0 fully saturated rings. The van der Waals surface area contributed by atoms with Gasteiger partial charge in [0, 0.05) is 5.02 Å². The normalized spacial score (nSPS) is 11.9. The minimum atomic E-state index is -1.15. The summed E-state index contributed by atoms with van der Waals surface area (Å²) in [5.41, 5.74) is 0.348. The van der Waals surface area contributed by atoms with Crippen LogP contribution in [0.4, 0.5) is 0 Å². The van der Waals surface area contributed by atoms with Crippen molar-refractivity contribution in [1.82, 2.24) is 0 Å². The summed E-state index contributed by atoms with van der Waals surface area (Å²) in [4.78, 5) is 23.6. The average Bonchev–Trinajstić information content (AvgIpc) is 2.47. The standard InChI is InChI=1S/C16H13ClO5/c17-10-3-1-9(2-4-10)12(8-15(20)21)16(22)13-7-11(18)5-6-14(13)19/h1-7,12,18-19H,8H2,(H,20,21). The molecule has 1 atom stereocenters. The summed E-state index contributed by atoms with van der Waals surface area (Å²) in [6.45, 7) is 0. The minimum Gasteiger partial charge on any atom is -0.508 e. The predicted molar refractivity (Wildman–Crippen MR) is 80.5 cm³/mol. The number of phenols is 2. The molecule has 3 N–H and O–H groups in total. The number of ketones is 1. The molecular weight excluding hydrogens is 308 g/mol. The highest BCUT2D eigenvalue weighted by atomic mass is 35.5. The van der Waals surface area contributed by atoms with Gasteiger partial charge in [0.25, 0.3) is 0 Å². The largest absolute Gasteiger partial charge is 0.508 e. The van der Waals surface area contributed by atoms with Gasteiger partial charge < -0.3 is 15.3 Å². The molecule has 6 heteroatoms. The number of phenolic OH excluding ortho intramolecular Hbond substituents is 2. The van der Waals surface area contributed by atoms with E-state index >= 15 is 0 Å². The van der Waals surface area contributed by atoms with E-state index in [0.29, 0.717) is 10.6 Å². The highest BCUT2D eigenvalue weighted by Gasteiger charge is 2.27. The lowest BCUT2D eigenvalue weighted by Gasteiger charge is -2.15. The third-order valence-electron chi connectivity index (χ3n) is 3.21. The number of aromatic hydroxyl groups is 2. The Labute approximate surface area is 131 Å². The van der Waals surface area contributed by atoms with Crippen LogP contribution < -0.4 is 0 Å². The molecule has 0 saturated heterocycles. The number of hydrogen-bond acceptors (Lipinski definition) is 4. The van der Waals surface area contributed by atoms with Crippen LogP contribution in [0.5, 0.6) is 11.5 Å². The number of halogens is 1. The molecule has 2 aromatic carbocycles. The van der Waals surface area contributed by atoms with Gasteiger partial charge in [-0.3, -0.25) is 9.59 Å². The van der Waals surface area contributed by atoms with E-state index in [4.69, 9.17) is 16.7 Å². The molecule has 0 radical (unpaired) electrons. The van der Waals surface area contributed by atoms with Crippen molar-refractivity contribution in [3.05, 3.63) is 58.6 Å². The summed E-state index contributed by atoms with van der Waals surface area (Å²) < 4.78 is 0. The number of carbonyl (C=O) groups excluding carboxylic acids is 1. The van der Waals surface area contributed by atoms with E-state index in [-0.39, 0.29) is 17.1 Å². The van der Waals surface area contributed by atoms with Gasteiger partial charge in [0.05, 0.1) is 17.9 Å². The molecule has 0 aromatic heterocycles. The molecule has 1 unspecified atom stereocenters. The Balaban J connectivity index is 2.44. The Morgan fingerprint density at radius 2 is 1.68 bits per heavy atom. The quantitative estimate of drug-likeness (QED) is 0.581. The number of Topliss-reactive ketones (excluding diaryl/α,β-unsaturated/α-hetero) is 1. The van der Waals surface area contributed by atoms with E-state index in [1.165, 1.54) is 12.1 Å². The van der Waals surface area contributed by atoms with Crippen LogP contribution in [0.1, 0.15) is 28.3 Å². The number of carboxylic acids is 1. The number of aliphatic carboxylic acids is 1. The van der Waals surface area contributed by atoms with Gasteiger partial charge in [-0.25, -0.2) is 0 Å². The maximum Gasteiger partial charge on any atom is 0.304 e. The highest BCUT2D eigenvalue weighted by Crippen LogP contribution is 2.31. The van der Waals surface area contributed by atoms with Crippen LogP contribution in [-0.2, 0) is 4.79 Å². The van der Waals surface area contributed by atoms with Gasteiger partial charge in [-0.2, -0.15) is 0 Å². The van der Waals surface area contributed by atoms with Gasteiger partial charge in [0.15, 0.2) is 5.78 Å². The second-order valence-corrected chi connectivity index (χ2v) is 5.20. The van der Waals surface area contributed by atoms with Gasteiger partial charge in [0.1, 0.15) is 11.5 Å². The van der Waals surface area contributed by atoms with Crippen molar-refractivity contribution in [2.24, 2.45) is 0 Å². The molecule has 0 spiro atoms. The van der Waals surface area contributed by atoms with Crippen molar-refractivity contribution in [2.45, 2.75) is 12.3 Å². The zero-order valence-electron chi connectivity index (χ0n) is 11.4. The number of rotatable bonds is 5. The maximum atomic E-state index is 12.6. The first kappa shape index (κ1) is 15.9. The maximum absolute atomic E-state index is 12.6. The predicted octanol–water partition coefficient (Wildman–Crippen LogP) is 3.19. The van der Waals surface area contributed by atoms with Gasteiger partial charge in [-0.05, 0) is 35.9 Å². The summed E-state index contributed by atoms with van der Waals surface area (Å²) >= 11 is 5.79. The first-order chi connectivity index (χ1) is 10.4. The minimum absolute atomic E-state index is 0.124. The lowest BCUT2D eigenvalue weighted by Crippen LogP contribution is -2.17. The Hall–Kier alpha value is -2.53. The van der Waals surface area contributed by atoms with Gasteiger partial charge >= 0.3 is 5.97 Å². The molecule has 0 heterocycles. The summed E-state index contributed by atoms with van der Waals surface area (Å²) in [6.07, 6.45) is -0.435. The van der Waals surface area contributed by atoms with Crippen LogP contribution in [-0.4, -0.2) is 27.1 Å². The fraction of sp³-hybridized carbons (Fsp3) is 0.125. The first-order valence-electron chi connectivity index (χ1n) is 6.42.